The van der Waals surface area contributed by atoms with Gasteiger partial charge in [0.2, 0.25) is 0 Å². The molecule has 2 N–H and O–H groups in total. The Morgan fingerprint density at radius 2 is 2.17 bits per heavy atom. The highest BCUT2D eigenvalue weighted by Gasteiger charge is 2.33. The third kappa shape index (κ3) is 3.70. The van der Waals surface area contributed by atoms with Crippen molar-refractivity contribution in [1.82, 2.24) is 29.5 Å². The Morgan fingerprint density at radius 1 is 1.28 bits per heavy atom. The molecular formula is C25H28FN7O3. The van der Waals surface area contributed by atoms with E-state index in [9.17, 15) is 9.18 Å². The molecule has 4 aromatic rings. The number of methoxy groups -OCH3 is 1. The highest BCUT2D eigenvalue weighted by Crippen LogP contribution is 2.35. The van der Waals surface area contributed by atoms with Crippen molar-refractivity contribution in [2.24, 2.45) is 0 Å². The molecule has 4 atom stereocenters. The lowest BCUT2D eigenvalue weighted by Gasteiger charge is -2.31. The molecule has 10 nitrogen and oxygen atoms in total. The molecule has 4 aromatic heterocycles. The quantitative estimate of drug-likeness (QED) is 0.425. The summed E-state index contributed by atoms with van der Waals surface area (Å²) in [6.07, 6.45) is 6.11. The van der Waals surface area contributed by atoms with Gasteiger partial charge in [-0.2, -0.15) is 9.61 Å². The van der Waals surface area contributed by atoms with Crippen molar-refractivity contribution in [3.63, 3.8) is 0 Å². The van der Waals surface area contributed by atoms with Gasteiger partial charge in [-0.25, -0.2) is 14.4 Å². The zero-order chi connectivity index (χ0) is 24.8. The topological polar surface area (TPSA) is 108 Å². The average molecular weight is 494 g/mol. The van der Waals surface area contributed by atoms with Crippen LogP contribution in [0, 0.1) is 0 Å². The lowest BCUT2D eigenvalue weighted by molar-refractivity contribution is -0.0592. The minimum Gasteiger partial charge on any atom is -0.379 e. The molecule has 1 amide bonds. The highest BCUT2D eigenvalue weighted by molar-refractivity contribution is 6.01. The maximum absolute atomic E-state index is 13.8. The van der Waals surface area contributed by atoms with Crippen LogP contribution in [0.5, 0.6) is 0 Å². The van der Waals surface area contributed by atoms with E-state index in [1.807, 2.05) is 18.2 Å². The van der Waals surface area contributed by atoms with Gasteiger partial charge in [0, 0.05) is 50.2 Å². The molecule has 1 saturated heterocycles. The Balaban J connectivity index is 1.47. The normalized spacial score (nSPS) is 24.1. The van der Waals surface area contributed by atoms with E-state index < -0.39 is 12.2 Å². The van der Waals surface area contributed by atoms with Crippen molar-refractivity contribution in [2.45, 2.75) is 43.6 Å². The molecule has 36 heavy (non-hydrogen) atoms. The number of nitrogens with one attached hydrogen (secondary N) is 2. The van der Waals surface area contributed by atoms with E-state index in [-0.39, 0.29) is 18.1 Å². The molecule has 2 aliphatic rings. The number of nitrogens with zero attached hydrogens (tertiary/aromatic N) is 5. The van der Waals surface area contributed by atoms with Gasteiger partial charge in [-0.1, -0.05) is 0 Å². The molecule has 11 heteroatoms. The van der Waals surface area contributed by atoms with Gasteiger partial charge in [0.05, 0.1) is 30.6 Å². The number of carbonyl (C=O) groups is 1. The molecule has 1 aliphatic carbocycles. The number of halogens is 1. The van der Waals surface area contributed by atoms with Crippen molar-refractivity contribution >= 4 is 28.4 Å². The molecular weight excluding hydrogens is 465 g/mol. The van der Waals surface area contributed by atoms with Gasteiger partial charge < -0.3 is 24.7 Å². The molecule has 5 heterocycles. The van der Waals surface area contributed by atoms with Crippen molar-refractivity contribution in [1.29, 1.82) is 0 Å². The van der Waals surface area contributed by atoms with Crippen LogP contribution in [-0.4, -0.2) is 75.7 Å². The van der Waals surface area contributed by atoms with E-state index in [2.05, 4.69) is 31.5 Å². The third-order valence-corrected chi connectivity index (χ3v) is 7.27. The number of hydrogen-bond donors (Lipinski definition) is 2. The summed E-state index contributed by atoms with van der Waals surface area (Å²) in [7, 11) is 3.49. The van der Waals surface area contributed by atoms with Crippen molar-refractivity contribution in [2.75, 3.05) is 32.7 Å². The summed E-state index contributed by atoms with van der Waals surface area (Å²) in [5.74, 6) is 0.296. The molecule has 6 rings (SSSR count). The smallest absolute Gasteiger partial charge is 0.257 e. The monoisotopic (exact) mass is 493 g/mol. The van der Waals surface area contributed by atoms with Crippen LogP contribution < -0.4 is 10.6 Å². The third-order valence-electron chi connectivity index (χ3n) is 7.27. The Labute approximate surface area is 206 Å². The number of alkyl halides is 1. The molecule has 0 unspecified atom stereocenters. The SMILES string of the molecule is CNc1cc(-c2cn([C@H]3CCOC[C@@H]3OC)c3ncccc23)nc2c(C(=O)N[C@H]3CC[C@H]3F)cnn12. The predicted molar refractivity (Wildman–Crippen MR) is 132 cm³/mol. The number of anilines is 1. The van der Waals surface area contributed by atoms with Gasteiger partial charge in [-0.3, -0.25) is 4.79 Å². The van der Waals surface area contributed by atoms with Gasteiger partial charge in [0.25, 0.3) is 5.91 Å². The number of carbonyl (C=O) groups excluding carboxylic acids is 1. The Kier molecular flexibility index (Phi) is 5.81. The van der Waals surface area contributed by atoms with Gasteiger partial charge in [-0.15, -0.1) is 0 Å². The van der Waals surface area contributed by atoms with Gasteiger partial charge in [0.15, 0.2) is 5.65 Å². The lowest BCUT2D eigenvalue weighted by atomic mass is 9.90. The van der Waals surface area contributed by atoms with Crippen molar-refractivity contribution in [3.8, 4) is 11.3 Å². The first-order valence-corrected chi connectivity index (χ1v) is 12.2. The van der Waals surface area contributed by atoms with Gasteiger partial charge >= 0.3 is 0 Å². The summed E-state index contributed by atoms with van der Waals surface area (Å²) in [6, 6.07) is 5.42. The summed E-state index contributed by atoms with van der Waals surface area (Å²) in [4.78, 5) is 22.5. The number of aromatic nitrogens is 5. The summed E-state index contributed by atoms with van der Waals surface area (Å²) in [5.41, 5.74) is 3.09. The van der Waals surface area contributed by atoms with Crippen LogP contribution in [-0.2, 0) is 9.47 Å². The fourth-order valence-electron chi connectivity index (χ4n) is 5.09. The number of hydrogen-bond acceptors (Lipinski definition) is 7. The van der Waals surface area contributed by atoms with Crippen LogP contribution in [0.15, 0.2) is 36.8 Å². The standard InChI is InChI=1S/C25H28FN7O3/c1-27-22-10-19(30-24-15(11-29-33(22)24)25(34)31-18-6-5-17(18)26)16-12-32(23-14(16)4-3-8-28-23)20-7-9-36-13-21(20)35-2/h3-4,8,10-12,17-18,20-21,27H,5-7,9,13H2,1-2H3,(H,31,34)/t17-,18+,20+,21+/m1/s1. The maximum Gasteiger partial charge on any atom is 0.257 e. The first-order chi connectivity index (χ1) is 17.6. The summed E-state index contributed by atoms with van der Waals surface area (Å²) < 4.78 is 28.9. The number of ether oxygens (including phenoxy) is 2. The fraction of sp³-hybridized carbons (Fsp3) is 0.440. The molecule has 188 valence electrons. The summed E-state index contributed by atoms with van der Waals surface area (Å²) >= 11 is 0. The minimum absolute atomic E-state index is 0.0647. The fourth-order valence-corrected chi connectivity index (χ4v) is 5.09. The van der Waals surface area contributed by atoms with E-state index in [1.54, 1.807) is 24.9 Å². The van der Waals surface area contributed by atoms with E-state index in [0.29, 0.717) is 48.8 Å². The Bertz CT molecular complexity index is 1430. The van der Waals surface area contributed by atoms with E-state index in [0.717, 1.165) is 23.0 Å². The minimum atomic E-state index is -1.01. The number of fused-ring (bicyclic) bond motifs is 2. The van der Waals surface area contributed by atoms with Crippen LogP contribution in [0.3, 0.4) is 0 Å². The van der Waals surface area contributed by atoms with E-state index in [1.165, 1.54) is 6.20 Å². The zero-order valence-corrected chi connectivity index (χ0v) is 20.1. The van der Waals surface area contributed by atoms with Crippen LogP contribution in [0.2, 0.25) is 0 Å². The lowest BCUT2D eigenvalue weighted by Crippen LogP contribution is -2.48. The van der Waals surface area contributed by atoms with Crippen LogP contribution >= 0.6 is 0 Å². The molecule has 0 radical (unpaired) electrons. The van der Waals surface area contributed by atoms with E-state index in [4.69, 9.17) is 14.5 Å². The van der Waals surface area contributed by atoms with Crippen LogP contribution in [0.25, 0.3) is 27.9 Å². The first-order valence-electron chi connectivity index (χ1n) is 12.2. The summed E-state index contributed by atoms with van der Waals surface area (Å²) in [5, 5.41) is 11.2. The number of pyridine rings is 1. The van der Waals surface area contributed by atoms with Crippen molar-refractivity contribution < 1.29 is 18.7 Å². The molecule has 2 fully saturated rings. The second-order valence-electron chi connectivity index (χ2n) is 9.27. The second kappa shape index (κ2) is 9.14. The number of rotatable bonds is 6. The van der Waals surface area contributed by atoms with Crippen LogP contribution in [0.1, 0.15) is 35.7 Å². The Morgan fingerprint density at radius 3 is 2.92 bits per heavy atom. The van der Waals surface area contributed by atoms with Crippen molar-refractivity contribution in [3.05, 3.63) is 42.4 Å². The van der Waals surface area contributed by atoms with E-state index >= 15 is 0 Å². The molecule has 0 aromatic carbocycles. The zero-order valence-electron chi connectivity index (χ0n) is 20.1. The van der Waals surface area contributed by atoms with Gasteiger partial charge in [-0.05, 0) is 31.4 Å². The highest BCUT2D eigenvalue weighted by atomic mass is 19.1. The molecule has 0 bridgehead atoms. The first kappa shape index (κ1) is 22.9. The van der Waals surface area contributed by atoms with Crippen LogP contribution in [0.4, 0.5) is 10.2 Å². The molecule has 1 saturated carbocycles. The molecule has 1 aliphatic heterocycles. The molecule has 0 spiro atoms. The second-order valence-corrected chi connectivity index (χ2v) is 9.27. The largest absolute Gasteiger partial charge is 0.379 e. The summed E-state index contributed by atoms with van der Waals surface area (Å²) in [6.45, 7) is 1.17. The Hall–Kier alpha value is -3.57. The predicted octanol–water partition coefficient (Wildman–Crippen LogP) is 2.99. The average Bonchev–Trinajstić information content (AvgIpc) is 3.52. The maximum atomic E-state index is 13.8. The van der Waals surface area contributed by atoms with Gasteiger partial charge in [0.1, 0.15) is 29.3 Å². The number of amides is 1.